The first-order valence-electron chi connectivity index (χ1n) is 10.6. The highest BCUT2D eigenvalue weighted by Crippen LogP contribution is 2.46. The Labute approximate surface area is 193 Å². The van der Waals surface area contributed by atoms with E-state index in [-0.39, 0.29) is 11.3 Å². The van der Waals surface area contributed by atoms with Crippen molar-refractivity contribution in [1.82, 2.24) is 4.90 Å². The van der Waals surface area contributed by atoms with Gasteiger partial charge in [-0.25, -0.2) is 0 Å². The smallest absolute Gasteiger partial charge is 0.295 e. The second-order valence-electron chi connectivity index (χ2n) is 7.50. The summed E-state index contributed by atoms with van der Waals surface area (Å²) >= 11 is 0. The highest BCUT2D eigenvalue weighted by Gasteiger charge is 2.47. The molecule has 0 aromatic heterocycles. The summed E-state index contributed by atoms with van der Waals surface area (Å²) in [5, 5.41) is 11.3. The molecular formula is C25H29NO7. The number of ketones is 1. The summed E-state index contributed by atoms with van der Waals surface area (Å²) in [6.45, 7) is 2.36. The van der Waals surface area contributed by atoms with Gasteiger partial charge in [-0.3, -0.25) is 9.59 Å². The zero-order chi connectivity index (χ0) is 24.1. The van der Waals surface area contributed by atoms with Gasteiger partial charge in [0, 0.05) is 17.7 Å². The van der Waals surface area contributed by atoms with Crippen LogP contribution >= 0.6 is 0 Å². The number of aliphatic hydroxyl groups excluding tert-OH is 1. The molecule has 8 heteroatoms. The molecule has 3 rings (SSSR count). The number of Topliss-reactive ketones (excluding diaryl/α,β-unsaturated/α-hetero) is 1. The number of rotatable bonds is 9. The van der Waals surface area contributed by atoms with Gasteiger partial charge in [0.05, 0.1) is 40.1 Å². The van der Waals surface area contributed by atoms with Gasteiger partial charge in [-0.15, -0.1) is 0 Å². The molecular weight excluding hydrogens is 426 g/mol. The number of amides is 1. The molecule has 1 atom stereocenters. The molecule has 1 unspecified atom stereocenters. The molecule has 1 N–H and O–H groups in total. The third-order valence-corrected chi connectivity index (χ3v) is 5.68. The number of carbonyl (C=O) groups excluding carboxylic acids is 2. The molecule has 0 spiro atoms. The fraction of sp³-hybridized carbons (Fsp3) is 0.360. The highest BCUT2D eigenvalue weighted by molar-refractivity contribution is 6.46. The van der Waals surface area contributed by atoms with Gasteiger partial charge in [0.25, 0.3) is 11.7 Å². The van der Waals surface area contributed by atoms with Gasteiger partial charge < -0.3 is 29.0 Å². The van der Waals surface area contributed by atoms with Crippen molar-refractivity contribution < 1.29 is 33.6 Å². The van der Waals surface area contributed by atoms with Crippen LogP contribution in [-0.4, -0.2) is 56.7 Å². The largest absolute Gasteiger partial charge is 0.507 e. The van der Waals surface area contributed by atoms with Crippen molar-refractivity contribution in [3.8, 4) is 23.0 Å². The van der Waals surface area contributed by atoms with Crippen LogP contribution in [0, 0.1) is 0 Å². The predicted octanol–water partition coefficient (Wildman–Crippen LogP) is 3.94. The first-order valence-corrected chi connectivity index (χ1v) is 10.6. The molecule has 1 heterocycles. The number of nitrogens with zero attached hydrogens (tertiary/aromatic N) is 1. The summed E-state index contributed by atoms with van der Waals surface area (Å²) in [6, 6.07) is 9.21. The lowest BCUT2D eigenvalue weighted by Crippen LogP contribution is -2.30. The molecule has 1 saturated heterocycles. The summed E-state index contributed by atoms with van der Waals surface area (Å²) < 4.78 is 21.6. The highest BCUT2D eigenvalue weighted by atomic mass is 16.5. The molecule has 0 aliphatic carbocycles. The number of hydrogen-bond acceptors (Lipinski definition) is 7. The van der Waals surface area contributed by atoms with Crippen LogP contribution in [0.5, 0.6) is 23.0 Å². The summed E-state index contributed by atoms with van der Waals surface area (Å²) in [5.41, 5.74) is 0.858. The van der Waals surface area contributed by atoms with Crippen molar-refractivity contribution in [2.24, 2.45) is 0 Å². The van der Waals surface area contributed by atoms with Crippen LogP contribution in [0.1, 0.15) is 36.9 Å². The van der Waals surface area contributed by atoms with Gasteiger partial charge in [0.2, 0.25) is 0 Å². The monoisotopic (exact) mass is 455 g/mol. The molecule has 0 saturated carbocycles. The molecule has 176 valence electrons. The second kappa shape index (κ2) is 10.3. The average Bonchev–Trinajstić information content (AvgIpc) is 3.10. The van der Waals surface area contributed by atoms with E-state index in [1.165, 1.54) is 33.3 Å². The second-order valence-corrected chi connectivity index (χ2v) is 7.50. The zero-order valence-electron chi connectivity index (χ0n) is 19.5. The van der Waals surface area contributed by atoms with Crippen molar-refractivity contribution in [3.63, 3.8) is 0 Å². The molecule has 1 amide bonds. The summed E-state index contributed by atoms with van der Waals surface area (Å²) in [6.07, 6.45) is 1.53. The fourth-order valence-electron chi connectivity index (χ4n) is 4.03. The Morgan fingerprint density at radius 1 is 0.939 bits per heavy atom. The Morgan fingerprint density at radius 2 is 1.64 bits per heavy atom. The summed E-state index contributed by atoms with van der Waals surface area (Å²) in [4.78, 5) is 27.7. The number of carbonyl (C=O) groups is 2. The molecule has 0 radical (unpaired) electrons. The van der Waals surface area contributed by atoms with E-state index < -0.39 is 17.7 Å². The molecule has 8 nitrogen and oxygen atoms in total. The van der Waals surface area contributed by atoms with E-state index in [4.69, 9.17) is 18.9 Å². The maximum absolute atomic E-state index is 13.2. The quantitative estimate of drug-likeness (QED) is 0.348. The van der Waals surface area contributed by atoms with Crippen LogP contribution in [0.15, 0.2) is 42.0 Å². The first kappa shape index (κ1) is 24.0. The average molecular weight is 456 g/mol. The van der Waals surface area contributed by atoms with Gasteiger partial charge in [0.1, 0.15) is 5.76 Å². The molecule has 0 bridgehead atoms. The minimum atomic E-state index is -0.838. The van der Waals surface area contributed by atoms with Crippen molar-refractivity contribution in [3.05, 3.63) is 53.1 Å². The number of aliphatic hydroxyl groups is 1. The Kier molecular flexibility index (Phi) is 7.48. The van der Waals surface area contributed by atoms with Crippen LogP contribution in [0.25, 0.3) is 5.76 Å². The third kappa shape index (κ3) is 4.33. The van der Waals surface area contributed by atoms with Crippen molar-refractivity contribution >= 4 is 17.4 Å². The number of methoxy groups -OCH3 is 4. The van der Waals surface area contributed by atoms with E-state index in [9.17, 15) is 14.7 Å². The molecule has 1 aliphatic rings. The van der Waals surface area contributed by atoms with E-state index in [1.807, 2.05) is 6.92 Å². The molecule has 1 aliphatic heterocycles. The van der Waals surface area contributed by atoms with Gasteiger partial charge in [0.15, 0.2) is 23.0 Å². The van der Waals surface area contributed by atoms with E-state index in [0.29, 0.717) is 47.1 Å². The van der Waals surface area contributed by atoms with Crippen molar-refractivity contribution in [2.45, 2.75) is 25.8 Å². The standard InChI is InChI=1S/C25H29NO7/c1-6-7-13-26-21(16-9-8-10-18(31-3)24(16)33-5)20(23(28)25(26)29)22(27)15-11-12-17(30-2)19(14-15)32-4/h8-12,14,21,27H,6-7,13H2,1-5H3/b22-20+. The number of unbranched alkanes of at least 4 members (excludes halogenated alkanes) is 1. The number of para-hydroxylation sites is 1. The molecule has 1 fully saturated rings. The number of benzene rings is 2. The van der Waals surface area contributed by atoms with E-state index in [2.05, 4.69) is 0 Å². The zero-order valence-corrected chi connectivity index (χ0v) is 19.5. The Bertz CT molecular complexity index is 1080. The number of likely N-dealkylation sites (tertiary alicyclic amines) is 1. The van der Waals surface area contributed by atoms with Gasteiger partial charge in [-0.1, -0.05) is 25.5 Å². The minimum absolute atomic E-state index is 0.0186. The maximum atomic E-state index is 13.2. The number of hydrogen-bond donors (Lipinski definition) is 1. The van der Waals surface area contributed by atoms with E-state index in [1.54, 1.807) is 36.4 Å². The van der Waals surface area contributed by atoms with Crippen LogP contribution in [-0.2, 0) is 9.59 Å². The van der Waals surface area contributed by atoms with Gasteiger partial charge >= 0.3 is 0 Å². The summed E-state index contributed by atoms with van der Waals surface area (Å²) in [5.74, 6) is -0.00803. The Hall–Kier alpha value is -3.68. The van der Waals surface area contributed by atoms with Crippen molar-refractivity contribution in [2.75, 3.05) is 35.0 Å². The lowest BCUT2D eigenvalue weighted by atomic mass is 9.94. The van der Waals surface area contributed by atoms with Crippen LogP contribution in [0.4, 0.5) is 0 Å². The van der Waals surface area contributed by atoms with Crippen LogP contribution in [0.3, 0.4) is 0 Å². The lowest BCUT2D eigenvalue weighted by molar-refractivity contribution is -0.139. The topological polar surface area (TPSA) is 94.5 Å². The Morgan fingerprint density at radius 3 is 2.24 bits per heavy atom. The van der Waals surface area contributed by atoms with Gasteiger partial charge in [-0.05, 0) is 30.7 Å². The third-order valence-electron chi connectivity index (χ3n) is 5.68. The SMILES string of the molecule is CCCCN1C(=O)C(=O)/C(=C(/O)c2ccc(OC)c(OC)c2)C1c1cccc(OC)c1OC. The first-order chi connectivity index (χ1) is 15.9. The Balaban J connectivity index is 2.26. The normalized spacial score (nSPS) is 17.2. The van der Waals surface area contributed by atoms with E-state index >= 15 is 0 Å². The summed E-state index contributed by atoms with van der Waals surface area (Å²) in [7, 11) is 5.99. The molecule has 2 aromatic rings. The molecule has 2 aromatic carbocycles. The van der Waals surface area contributed by atoms with Gasteiger partial charge in [-0.2, -0.15) is 0 Å². The lowest BCUT2D eigenvalue weighted by Gasteiger charge is -2.27. The van der Waals surface area contributed by atoms with Crippen LogP contribution < -0.4 is 18.9 Å². The van der Waals surface area contributed by atoms with E-state index in [0.717, 1.165) is 6.42 Å². The van der Waals surface area contributed by atoms with Crippen molar-refractivity contribution in [1.29, 1.82) is 0 Å². The molecule has 33 heavy (non-hydrogen) atoms. The minimum Gasteiger partial charge on any atom is -0.507 e. The predicted molar refractivity (Wildman–Crippen MR) is 123 cm³/mol. The number of ether oxygens (including phenoxy) is 4. The van der Waals surface area contributed by atoms with Crippen LogP contribution in [0.2, 0.25) is 0 Å². The maximum Gasteiger partial charge on any atom is 0.295 e. The fourth-order valence-corrected chi connectivity index (χ4v) is 4.03.